The molecule has 2 heterocycles. The number of imidazole rings is 1. The monoisotopic (exact) mass is 478 g/mol. The largest absolute Gasteiger partial charge is 0.494 e. The van der Waals surface area contributed by atoms with E-state index in [-0.39, 0.29) is 5.91 Å². The van der Waals surface area contributed by atoms with Crippen molar-refractivity contribution in [2.45, 2.75) is 69.9 Å². The standard InChI is InChI=1S/C25H34N8O2/c1-16-14-18(35-13-5-12-27-23(34)25(26)10-11-25)8-9-19(16)31-24-32-21-20(28-15-29-21)22(33-24)30-17-6-3-2-4-7-17/h8-9,14-15,17H,2-7,10-13,26H2,1H3,(H,27,34)(H3,28,29,30,31,32,33). The molecule has 0 unspecified atom stereocenters. The second-order valence-corrected chi connectivity index (χ2v) is 9.69. The lowest BCUT2D eigenvalue weighted by Crippen LogP contribution is -2.43. The number of anilines is 3. The molecule has 186 valence electrons. The number of amides is 1. The second kappa shape index (κ2) is 10.1. The van der Waals surface area contributed by atoms with Crippen LogP contribution >= 0.6 is 0 Å². The number of rotatable bonds is 10. The molecule has 2 fully saturated rings. The minimum absolute atomic E-state index is 0.0589. The fraction of sp³-hybridized carbons (Fsp3) is 0.520. The lowest BCUT2D eigenvalue weighted by atomic mass is 9.95. The van der Waals surface area contributed by atoms with Crippen LogP contribution in [-0.2, 0) is 4.79 Å². The van der Waals surface area contributed by atoms with Crippen molar-refractivity contribution in [2.24, 2.45) is 5.73 Å². The summed E-state index contributed by atoms with van der Waals surface area (Å²) < 4.78 is 5.86. The summed E-state index contributed by atoms with van der Waals surface area (Å²) in [6.07, 6.45) is 10.0. The number of hydrogen-bond acceptors (Lipinski definition) is 8. The first-order chi connectivity index (χ1) is 17.0. The van der Waals surface area contributed by atoms with Crippen molar-refractivity contribution in [3.05, 3.63) is 30.1 Å². The van der Waals surface area contributed by atoms with Crippen molar-refractivity contribution in [2.75, 3.05) is 23.8 Å². The smallest absolute Gasteiger partial charge is 0.240 e. The number of hydrogen-bond donors (Lipinski definition) is 5. The van der Waals surface area contributed by atoms with Crippen LogP contribution in [0.25, 0.3) is 11.2 Å². The van der Waals surface area contributed by atoms with Crippen LogP contribution in [0.15, 0.2) is 24.5 Å². The van der Waals surface area contributed by atoms with Gasteiger partial charge >= 0.3 is 0 Å². The van der Waals surface area contributed by atoms with E-state index < -0.39 is 5.54 Å². The number of ether oxygens (including phenoxy) is 1. The quantitative estimate of drug-likeness (QED) is 0.279. The third-order valence-electron chi connectivity index (χ3n) is 6.79. The highest BCUT2D eigenvalue weighted by molar-refractivity contribution is 5.89. The van der Waals surface area contributed by atoms with Crippen molar-refractivity contribution in [3.8, 4) is 5.75 Å². The summed E-state index contributed by atoms with van der Waals surface area (Å²) in [6, 6.07) is 6.29. The number of nitrogens with two attached hydrogens (primary N) is 1. The van der Waals surface area contributed by atoms with E-state index in [1.165, 1.54) is 19.3 Å². The number of H-pyrrole nitrogens is 1. The van der Waals surface area contributed by atoms with Crippen molar-refractivity contribution in [1.82, 2.24) is 25.3 Å². The zero-order chi connectivity index (χ0) is 24.3. The van der Waals surface area contributed by atoms with Gasteiger partial charge < -0.3 is 31.4 Å². The zero-order valence-electron chi connectivity index (χ0n) is 20.2. The molecule has 10 nitrogen and oxygen atoms in total. The Morgan fingerprint density at radius 2 is 2.06 bits per heavy atom. The van der Waals surface area contributed by atoms with E-state index in [4.69, 9.17) is 15.5 Å². The van der Waals surface area contributed by atoms with Gasteiger partial charge in [-0.3, -0.25) is 4.79 Å². The summed E-state index contributed by atoms with van der Waals surface area (Å²) in [5.41, 5.74) is 8.65. The Morgan fingerprint density at radius 1 is 1.23 bits per heavy atom. The molecular formula is C25H34N8O2. The topological polar surface area (TPSA) is 143 Å². The van der Waals surface area contributed by atoms with Crippen LogP contribution in [-0.4, -0.2) is 50.6 Å². The lowest BCUT2D eigenvalue weighted by Gasteiger charge is -2.23. The summed E-state index contributed by atoms with van der Waals surface area (Å²) >= 11 is 0. The van der Waals surface area contributed by atoms with Crippen LogP contribution in [0, 0.1) is 6.92 Å². The Morgan fingerprint density at radius 3 is 2.83 bits per heavy atom. The molecule has 0 radical (unpaired) electrons. The molecule has 0 aliphatic heterocycles. The Labute approximate surface area is 204 Å². The molecular weight excluding hydrogens is 444 g/mol. The molecule has 1 amide bonds. The van der Waals surface area contributed by atoms with E-state index in [0.29, 0.717) is 30.8 Å². The maximum Gasteiger partial charge on any atom is 0.240 e. The highest BCUT2D eigenvalue weighted by Crippen LogP contribution is 2.32. The fourth-order valence-electron chi connectivity index (χ4n) is 4.42. The highest BCUT2D eigenvalue weighted by Gasteiger charge is 2.45. The van der Waals surface area contributed by atoms with E-state index in [1.54, 1.807) is 6.33 Å². The van der Waals surface area contributed by atoms with Crippen LogP contribution in [0.5, 0.6) is 5.75 Å². The Kier molecular flexibility index (Phi) is 6.72. The van der Waals surface area contributed by atoms with Crippen LogP contribution in [0.4, 0.5) is 17.5 Å². The van der Waals surface area contributed by atoms with Gasteiger partial charge in [0.05, 0.1) is 18.5 Å². The molecule has 0 atom stereocenters. The average molecular weight is 479 g/mol. The first-order valence-corrected chi connectivity index (χ1v) is 12.6. The first-order valence-electron chi connectivity index (χ1n) is 12.6. The predicted octanol–water partition coefficient (Wildman–Crippen LogP) is 3.53. The molecule has 2 saturated carbocycles. The van der Waals surface area contributed by atoms with Gasteiger partial charge in [0.1, 0.15) is 11.3 Å². The van der Waals surface area contributed by atoms with Crippen LogP contribution in [0.1, 0.15) is 56.9 Å². The van der Waals surface area contributed by atoms with E-state index in [2.05, 4.69) is 30.9 Å². The van der Waals surface area contributed by atoms with Crippen LogP contribution < -0.4 is 26.4 Å². The number of nitrogens with zero attached hydrogens (tertiary/aromatic N) is 3. The molecule has 6 N–H and O–H groups in total. The average Bonchev–Trinajstić information content (AvgIpc) is 3.43. The number of aromatic nitrogens is 4. The molecule has 0 saturated heterocycles. The third-order valence-corrected chi connectivity index (χ3v) is 6.79. The van der Waals surface area contributed by atoms with E-state index in [0.717, 1.165) is 60.4 Å². The number of benzene rings is 1. The number of carbonyl (C=O) groups is 1. The fourth-order valence-corrected chi connectivity index (χ4v) is 4.42. The molecule has 0 spiro atoms. The maximum absolute atomic E-state index is 11.9. The Bertz CT molecular complexity index is 1180. The van der Waals surface area contributed by atoms with Crippen molar-refractivity contribution in [1.29, 1.82) is 0 Å². The minimum atomic E-state index is -0.626. The van der Waals surface area contributed by atoms with E-state index in [1.807, 2.05) is 25.1 Å². The third kappa shape index (κ3) is 5.64. The molecule has 5 rings (SSSR count). The van der Waals surface area contributed by atoms with Crippen molar-refractivity contribution >= 4 is 34.5 Å². The van der Waals surface area contributed by atoms with Gasteiger partial charge in [0.25, 0.3) is 0 Å². The van der Waals surface area contributed by atoms with Crippen molar-refractivity contribution < 1.29 is 9.53 Å². The van der Waals surface area contributed by atoms with Gasteiger partial charge in [-0.25, -0.2) is 4.98 Å². The minimum Gasteiger partial charge on any atom is -0.494 e. The number of nitrogens with one attached hydrogen (secondary N) is 4. The molecule has 0 bridgehead atoms. The molecule has 3 aromatic rings. The maximum atomic E-state index is 11.9. The summed E-state index contributed by atoms with van der Waals surface area (Å²) in [5.74, 6) is 2.00. The normalized spacial score (nSPS) is 17.2. The molecule has 2 aliphatic carbocycles. The SMILES string of the molecule is Cc1cc(OCCCNC(=O)C2(N)CC2)ccc1Nc1nc(NC2CCCCC2)c2nc[nH]c2n1. The Balaban J connectivity index is 1.18. The lowest BCUT2D eigenvalue weighted by molar-refractivity contribution is -0.123. The number of carbonyl (C=O) groups excluding carboxylic acids is 1. The Hall–Kier alpha value is -3.40. The van der Waals surface area contributed by atoms with E-state index in [9.17, 15) is 4.79 Å². The van der Waals surface area contributed by atoms with Gasteiger partial charge in [-0.15, -0.1) is 0 Å². The molecule has 1 aromatic carbocycles. The van der Waals surface area contributed by atoms with Gasteiger partial charge in [0, 0.05) is 18.3 Å². The van der Waals surface area contributed by atoms with Gasteiger partial charge in [0.2, 0.25) is 11.9 Å². The van der Waals surface area contributed by atoms with Gasteiger partial charge in [-0.05, 0) is 62.8 Å². The number of aromatic amines is 1. The first kappa shape index (κ1) is 23.3. The molecule has 10 heteroatoms. The summed E-state index contributed by atoms with van der Waals surface area (Å²) in [4.78, 5) is 28.7. The molecule has 2 aliphatic rings. The van der Waals surface area contributed by atoms with Crippen LogP contribution in [0.2, 0.25) is 0 Å². The summed E-state index contributed by atoms with van der Waals surface area (Å²) in [7, 11) is 0. The van der Waals surface area contributed by atoms with E-state index >= 15 is 0 Å². The molecule has 2 aromatic heterocycles. The molecule has 35 heavy (non-hydrogen) atoms. The zero-order valence-corrected chi connectivity index (χ0v) is 20.2. The van der Waals surface area contributed by atoms with Crippen molar-refractivity contribution in [3.63, 3.8) is 0 Å². The van der Waals surface area contributed by atoms with Gasteiger partial charge in [0.15, 0.2) is 11.5 Å². The number of fused-ring (bicyclic) bond motifs is 1. The van der Waals surface area contributed by atoms with Gasteiger partial charge in [-0.1, -0.05) is 19.3 Å². The summed E-state index contributed by atoms with van der Waals surface area (Å²) in [5, 5.41) is 9.81. The summed E-state index contributed by atoms with van der Waals surface area (Å²) in [6.45, 7) is 3.09. The second-order valence-electron chi connectivity index (χ2n) is 9.69. The van der Waals surface area contributed by atoms with Crippen LogP contribution in [0.3, 0.4) is 0 Å². The predicted molar refractivity (Wildman–Crippen MR) is 136 cm³/mol. The highest BCUT2D eigenvalue weighted by atomic mass is 16.5. The number of aryl methyl sites for hydroxylation is 1. The van der Waals surface area contributed by atoms with Gasteiger partial charge in [-0.2, -0.15) is 9.97 Å².